The lowest BCUT2D eigenvalue weighted by Gasteiger charge is -2.04. The third-order valence-corrected chi connectivity index (χ3v) is 3.23. The maximum atomic E-state index is 11.6. The van der Waals surface area contributed by atoms with Crippen molar-refractivity contribution < 1.29 is 14.3 Å². The van der Waals surface area contributed by atoms with Gasteiger partial charge in [-0.3, -0.25) is 9.59 Å². The van der Waals surface area contributed by atoms with Gasteiger partial charge in [0.1, 0.15) is 12.0 Å². The summed E-state index contributed by atoms with van der Waals surface area (Å²) in [5.41, 5.74) is 0.580. The Kier molecular flexibility index (Phi) is 8.36. The maximum absolute atomic E-state index is 11.6. The Labute approximate surface area is 121 Å². The molecule has 0 radical (unpaired) electrons. The monoisotopic (exact) mass is 276 g/mol. The largest absolute Gasteiger partial charge is 0.427 e. The second kappa shape index (κ2) is 10.2. The van der Waals surface area contributed by atoms with Gasteiger partial charge in [-0.05, 0) is 30.7 Å². The molecular formula is C17H24O3. The molecule has 0 spiro atoms. The Balaban J connectivity index is 2.12. The van der Waals surface area contributed by atoms with E-state index in [1.807, 2.05) is 0 Å². The average Bonchev–Trinajstić information content (AvgIpc) is 2.47. The number of rotatable bonds is 10. The molecule has 0 bridgehead atoms. The molecule has 0 atom stereocenters. The van der Waals surface area contributed by atoms with Gasteiger partial charge in [0, 0.05) is 12.0 Å². The van der Waals surface area contributed by atoms with Crippen LogP contribution < -0.4 is 4.74 Å². The molecule has 0 aromatic heterocycles. The molecule has 3 nitrogen and oxygen atoms in total. The van der Waals surface area contributed by atoms with Gasteiger partial charge in [0.15, 0.2) is 0 Å². The first-order chi connectivity index (χ1) is 9.76. The van der Waals surface area contributed by atoms with Crippen LogP contribution in [-0.4, -0.2) is 12.3 Å². The lowest BCUT2D eigenvalue weighted by Crippen LogP contribution is -2.07. The number of unbranched alkanes of at least 4 members (excludes halogenated alkanes) is 6. The molecule has 0 saturated heterocycles. The lowest BCUT2D eigenvalue weighted by atomic mass is 10.1. The van der Waals surface area contributed by atoms with E-state index in [1.54, 1.807) is 24.3 Å². The average molecular weight is 276 g/mol. The Morgan fingerprint density at radius 2 is 1.60 bits per heavy atom. The predicted molar refractivity (Wildman–Crippen MR) is 80.1 cm³/mol. The summed E-state index contributed by atoms with van der Waals surface area (Å²) in [7, 11) is 0. The van der Waals surface area contributed by atoms with E-state index >= 15 is 0 Å². The van der Waals surface area contributed by atoms with Gasteiger partial charge in [0.05, 0.1) is 0 Å². The highest BCUT2D eigenvalue weighted by molar-refractivity contribution is 5.76. The molecule has 0 aliphatic carbocycles. The zero-order chi connectivity index (χ0) is 14.6. The molecule has 3 heteroatoms. The Hall–Kier alpha value is -1.64. The van der Waals surface area contributed by atoms with E-state index in [2.05, 4.69) is 6.92 Å². The standard InChI is InChI=1S/C17H24O3/c1-2-3-4-5-6-7-8-9-17(19)20-16-12-10-15(14-18)11-13-16/h10-14H,2-9H2,1H3. The van der Waals surface area contributed by atoms with Crippen molar-refractivity contribution in [2.75, 3.05) is 0 Å². The van der Waals surface area contributed by atoms with Crippen molar-refractivity contribution in [1.29, 1.82) is 0 Å². The van der Waals surface area contributed by atoms with E-state index in [0.717, 1.165) is 19.1 Å². The lowest BCUT2D eigenvalue weighted by molar-refractivity contribution is -0.134. The third kappa shape index (κ3) is 7.07. The second-order valence-electron chi connectivity index (χ2n) is 5.03. The molecule has 20 heavy (non-hydrogen) atoms. The fourth-order valence-corrected chi connectivity index (χ4v) is 2.02. The number of hydrogen-bond donors (Lipinski definition) is 0. The van der Waals surface area contributed by atoms with Gasteiger partial charge >= 0.3 is 5.97 Å². The molecule has 1 rings (SSSR count). The summed E-state index contributed by atoms with van der Waals surface area (Å²) in [5, 5.41) is 0. The first-order valence-electron chi connectivity index (χ1n) is 7.52. The highest BCUT2D eigenvalue weighted by Crippen LogP contribution is 2.13. The summed E-state index contributed by atoms with van der Waals surface area (Å²) in [6.07, 6.45) is 9.52. The summed E-state index contributed by atoms with van der Waals surface area (Å²) in [5.74, 6) is 0.306. The first kappa shape index (κ1) is 16.4. The van der Waals surface area contributed by atoms with Crippen LogP contribution in [0.1, 0.15) is 68.6 Å². The van der Waals surface area contributed by atoms with Crippen LogP contribution in [0.3, 0.4) is 0 Å². The van der Waals surface area contributed by atoms with Crippen LogP contribution in [-0.2, 0) is 4.79 Å². The van der Waals surface area contributed by atoms with Gasteiger partial charge in [-0.25, -0.2) is 0 Å². The molecule has 0 fully saturated rings. The molecule has 0 saturated carbocycles. The summed E-state index contributed by atoms with van der Waals surface area (Å²) < 4.78 is 5.20. The van der Waals surface area contributed by atoms with Gasteiger partial charge in [0.25, 0.3) is 0 Å². The second-order valence-corrected chi connectivity index (χ2v) is 5.03. The highest BCUT2D eigenvalue weighted by Gasteiger charge is 2.04. The van der Waals surface area contributed by atoms with Crippen molar-refractivity contribution >= 4 is 12.3 Å². The van der Waals surface area contributed by atoms with Gasteiger partial charge < -0.3 is 4.74 Å². The van der Waals surface area contributed by atoms with Crippen molar-refractivity contribution in [3.05, 3.63) is 29.8 Å². The number of esters is 1. The number of carbonyl (C=O) groups is 2. The SMILES string of the molecule is CCCCCCCCCC(=O)Oc1ccc(C=O)cc1. The molecule has 1 aromatic rings. The number of carbonyl (C=O) groups excluding carboxylic acids is 2. The number of hydrogen-bond acceptors (Lipinski definition) is 3. The molecular weight excluding hydrogens is 252 g/mol. The van der Waals surface area contributed by atoms with Crippen LogP contribution in [0, 0.1) is 0 Å². The Morgan fingerprint density at radius 1 is 1.00 bits per heavy atom. The quantitative estimate of drug-likeness (QED) is 0.272. The highest BCUT2D eigenvalue weighted by atomic mass is 16.5. The van der Waals surface area contributed by atoms with Crippen LogP contribution in [0.25, 0.3) is 0 Å². The topological polar surface area (TPSA) is 43.4 Å². The van der Waals surface area contributed by atoms with E-state index in [-0.39, 0.29) is 5.97 Å². The summed E-state index contributed by atoms with van der Waals surface area (Å²) in [6.45, 7) is 2.21. The smallest absolute Gasteiger partial charge is 0.311 e. The van der Waals surface area contributed by atoms with Crippen LogP contribution in [0.15, 0.2) is 24.3 Å². The summed E-state index contributed by atoms with van der Waals surface area (Å²) in [6, 6.07) is 6.57. The fourth-order valence-electron chi connectivity index (χ4n) is 2.02. The molecule has 110 valence electrons. The van der Waals surface area contributed by atoms with Crippen LogP contribution in [0.5, 0.6) is 5.75 Å². The van der Waals surface area contributed by atoms with E-state index in [1.165, 1.54) is 32.1 Å². The normalized spacial score (nSPS) is 10.2. The summed E-state index contributed by atoms with van der Waals surface area (Å²) >= 11 is 0. The molecule has 0 unspecified atom stereocenters. The van der Waals surface area contributed by atoms with E-state index in [9.17, 15) is 9.59 Å². The van der Waals surface area contributed by atoms with Crippen LogP contribution in [0.4, 0.5) is 0 Å². The molecule has 0 heterocycles. The maximum Gasteiger partial charge on any atom is 0.311 e. The molecule has 0 N–H and O–H groups in total. The van der Waals surface area contributed by atoms with Crippen LogP contribution >= 0.6 is 0 Å². The van der Waals surface area contributed by atoms with E-state index in [4.69, 9.17) is 4.74 Å². The number of aldehydes is 1. The van der Waals surface area contributed by atoms with E-state index < -0.39 is 0 Å². The van der Waals surface area contributed by atoms with Gasteiger partial charge in [-0.1, -0.05) is 45.4 Å². The first-order valence-corrected chi connectivity index (χ1v) is 7.52. The fraction of sp³-hybridized carbons (Fsp3) is 0.529. The van der Waals surface area contributed by atoms with E-state index in [0.29, 0.717) is 17.7 Å². The minimum Gasteiger partial charge on any atom is -0.427 e. The van der Waals surface area contributed by atoms with Crippen molar-refractivity contribution in [3.63, 3.8) is 0 Å². The predicted octanol–water partition coefficient (Wildman–Crippen LogP) is 4.55. The Morgan fingerprint density at radius 3 is 2.20 bits per heavy atom. The zero-order valence-electron chi connectivity index (χ0n) is 12.3. The number of benzene rings is 1. The minimum atomic E-state index is -0.197. The summed E-state index contributed by atoms with van der Waals surface area (Å²) in [4.78, 5) is 22.1. The minimum absolute atomic E-state index is 0.197. The van der Waals surface area contributed by atoms with Crippen molar-refractivity contribution in [3.8, 4) is 5.75 Å². The van der Waals surface area contributed by atoms with Crippen molar-refractivity contribution in [2.45, 2.75) is 58.3 Å². The Bertz CT molecular complexity index is 395. The molecule has 0 aliphatic rings. The van der Waals surface area contributed by atoms with Crippen LogP contribution in [0.2, 0.25) is 0 Å². The number of ether oxygens (including phenoxy) is 1. The molecule has 0 amide bonds. The molecule has 0 aliphatic heterocycles. The van der Waals surface area contributed by atoms with Crippen molar-refractivity contribution in [2.24, 2.45) is 0 Å². The molecule has 1 aromatic carbocycles. The third-order valence-electron chi connectivity index (χ3n) is 3.23. The van der Waals surface area contributed by atoms with Crippen molar-refractivity contribution in [1.82, 2.24) is 0 Å². The zero-order valence-corrected chi connectivity index (χ0v) is 12.3. The van der Waals surface area contributed by atoms with Gasteiger partial charge in [-0.15, -0.1) is 0 Å². The van der Waals surface area contributed by atoms with Gasteiger partial charge in [0.2, 0.25) is 0 Å². The van der Waals surface area contributed by atoms with Gasteiger partial charge in [-0.2, -0.15) is 0 Å².